The highest BCUT2D eigenvalue weighted by molar-refractivity contribution is 5.50. The third-order valence-electron chi connectivity index (χ3n) is 2.37. The van der Waals surface area contributed by atoms with Gasteiger partial charge in [-0.05, 0) is 23.0 Å². The highest BCUT2D eigenvalue weighted by Crippen LogP contribution is 2.22. The molecule has 1 rings (SSSR count). The molecule has 0 fully saturated rings. The quantitative estimate of drug-likeness (QED) is 0.669. The molecular formula is C13H18O. The Kier molecular flexibility index (Phi) is 3.45. The summed E-state index contributed by atoms with van der Waals surface area (Å²) in [5.74, 6) is 0. The number of benzene rings is 1. The SMILES string of the molecule is CC(C)(C)c1ccc(CCC=O)cc1. The van der Waals surface area contributed by atoms with Crippen molar-refractivity contribution in [3.63, 3.8) is 0 Å². The minimum absolute atomic E-state index is 0.211. The van der Waals surface area contributed by atoms with Gasteiger partial charge in [-0.3, -0.25) is 0 Å². The van der Waals surface area contributed by atoms with Gasteiger partial charge in [0.25, 0.3) is 0 Å². The number of rotatable bonds is 3. The van der Waals surface area contributed by atoms with Crippen molar-refractivity contribution in [2.75, 3.05) is 0 Å². The van der Waals surface area contributed by atoms with E-state index in [-0.39, 0.29) is 5.41 Å². The Morgan fingerprint density at radius 1 is 1.14 bits per heavy atom. The lowest BCUT2D eigenvalue weighted by atomic mass is 9.86. The first-order valence-corrected chi connectivity index (χ1v) is 5.07. The molecule has 76 valence electrons. The lowest BCUT2D eigenvalue weighted by Crippen LogP contribution is -2.10. The zero-order chi connectivity index (χ0) is 10.6. The van der Waals surface area contributed by atoms with Gasteiger partial charge in [-0.2, -0.15) is 0 Å². The Labute approximate surface area is 86.1 Å². The highest BCUT2D eigenvalue weighted by atomic mass is 16.1. The summed E-state index contributed by atoms with van der Waals surface area (Å²) in [5.41, 5.74) is 2.79. The molecule has 0 saturated carbocycles. The molecular weight excluding hydrogens is 172 g/mol. The van der Waals surface area contributed by atoms with Gasteiger partial charge in [0.05, 0.1) is 0 Å². The average Bonchev–Trinajstić information content (AvgIpc) is 2.14. The zero-order valence-corrected chi connectivity index (χ0v) is 9.21. The summed E-state index contributed by atoms with van der Waals surface area (Å²) in [6, 6.07) is 8.54. The average molecular weight is 190 g/mol. The standard InChI is InChI=1S/C13H18O/c1-13(2,3)12-8-6-11(7-9-12)5-4-10-14/h6-10H,4-5H2,1-3H3. The molecule has 14 heavy (non-hydrogen) atoms. The molecule has 1 nitrogen and oxygen atoms in total. The van der Waals surface area contributed by atoms with Crippen LogP contribution in [0, 0.1) is 0 Å². The summed E-state index contributed by atoms with van der Waals surface area (Å²) < 4.78 is 0. The molecule has 0 aliphatic carbocycles. The number of aryl methyl sites for hydroxylation is 1. The molecule has 0 atom stereocenters. The molecule has 0 heterocycles. The van der Waals surface area contributed by atoms with Crippen LogP contribution in [0.2, 0.25) is 0 Å². The smallest absolute Gasteiger partial charge is 0.120 e. The van der Waals surface area contributed by atoms with Crippen molar-refractivity contribution in [3.8, 4) is 0 Å². The molecule has 0 N–H and O–H groups in total. The summed E-state index contributed by atoms with van der Waals surface area (Å²) in [4.78, 5) is 10.2. The van der Waals surface area contributed by atoms with Crippen LogP contribution >= 0.6 is 0 Å². The van der Waals surface area contributed by atoms with Gasteiger partial charge in [-0.15, -0.1) is 0 Å². The van der Waals surface area contributed by atoms with Crippen LogP contribution in [0.5, 0.6) is 0 Å². The van der Waals surface area contributed by atoms with E-state index in [2.05, 4.69) is 45.0 Å². The second kappa shape index (κ2) is 4.41. The van der Waals surface area contributed by atoms with Crippen LogP contribution in [0.4, 0.5) is 0 Å². The Hall–Kier alpha value is -1.11. The predicted octanol–water partition coefficient (Wildman–Crippen LogP) is 3.12. The molecule has 0 unspecified atom stereocenters. The molecule has 1 aromatic rings. The van der Waals surface area contributed by atoms with Gasteiger partial charge in [0.15, 0.2) is 0 Å². The van der Waals surface area contributed by atoms with Crippen LogP contribution in [0.15, 0.2) is 24.3 Å². The van der Waals surface area contributed by atoms with Crippen LogP contribution in [0.3, 0.4) is 0 Å². The van der Waals surface area contributed by atoms with E-state index in [9.17, 15) is 4.79 Å². The van der Waals surface area contributed by atoms with Crippen LogP contribution < -0.4 is 0 Å². The van der Waals surface area contributed by atoms with Crippen molar-refractivity contribution in [3.05, 3.63) is 35.4 Å². The summed E-state index contributed by atoms with van der Waals surface area (Å²) in [6.45, 7) is 6.61. The van der Waals surface area contributed by atoms with Crippen molar-refractivity contribution in [1.82, 2.24) is 0 Å². The van der Waals surface area contributed by atoms with Crippen molar-refractivity contribution < 1.29 is 4.79 Å². The Morgan fingerprint density at radius 2 is 1.71 bits per heavy atom. The molecule has 0 bridgehead atoms. The van der Waals surface area contributed by atoms with Crippen molar-refractivity contribution >= 4 is 6.29 Å². The molecule has 0 aliphatic heterocycles. The van der Waals surface area contributed by atoms with E-state index < -0.39 is 0 Å². The Morgan fingerprint density at radius 3 is 2.14 bits per heavy atom. The zero-order valence-electron chi connectivity index (χ0n) is 9.21. The van der Waals surface area contributed by atoms with E-state index in [1.54, 1.807) is 0 Å². The first-order chi connectivity index (χ1) is 6.54. The maximum Gasteiger partial charge on any atom is 0.120 e. The third kappa shape index (κ3) is 2.99. The van der Waals surface area contributed by atoms with Gasteiger partial charge in [0, 0.05) is 6.42 Å². The number of hydrogen-bond acceptors (Lipinski definition) is 1. The number of aldehydes is 1. The van der Waals surface area contributed by atoms with Gasteiger partial charge in [-0.25, -0.2) is 0 Å². The molecule has 1 aromatic carbocycles. The van der Waals surface area contributed by atoms with Crippen LogP contribution in [-0.2, 0) is 16.6 Å². The highest BCUT2D eigenvalue weighted by Gasteiger charge is 2.12. The lowest BCUT2D eigenvalue weighted by Gasteiger charge is -2.19. The van der Waals surface area contributed by atoms with Gasteiger partial charge in [0.2, 0.25) is 0 Å². The van der Waals surface area contributed by atoms with Gasteiger partial charge >= 0.3 is 0 Å². The lowest BCUT2D eigenvalue weighted by molar-refractivity contribution is -0.107. The largest absolute Gasteiger partial charge is 0.303 e. The monoisotopic (exact) mass is 190 g/mol. The van der Waals surface area contributed by atoms with Gasteiger partial charge < -0.3 is 4.79 Å². The maximum atomic E-state index is 10.2. The van der Waals surface area contributed by atoms with E-state index in [4.69, 9.17) is 0 Å². The fourth-order valence-corrected chi connectivity index (χ4v) is 1.40. The Balaban J connectivity index is 2.73. The minimum Gasteiger partial charge on any atom is -0.303 e. The van der Waals surface area contributed by atoms with E-state index in [0.29, 0.717) is 6.42 Å². The second-order valence-corrected chi connectivity index (χ2v) is 4.65. The van der Waals surface area contributed by atoms with E-state index >= 15 is 0 Å². The fourth-order valence-electron chi connectivity index (χ4n) is 1.40. The Bertz CT molecular complexity index is 290. The first-order valence-electron chi connectivity index (χ1n) is 5.07. The third-order valence-corrected chi connectivity index (χ3v) is 2.37. The molecule has 1 heteroatoms. The van der Waals surface area contributed by atoms with E-state index in [1.807, 2.05) is 0 Å². The van der Waals surface area contributed by atoms with Crippen LogP contribution in [-0.4, -0.2) is 6.29 Å². The molecule has 0 aromatic heterocycles. The van der Waals surface area contributed by atoms with Gasteiger partial charge in [-0.1, -0.05) is 45.0 Å². The molecule has 0 radical (unpaired) electrons. The number of hydrogen-bond donors (Lipinski definition) is 0. The molecule has 0 amide bonds. The summed E-state index contributed by atoms with van der Waals surface area (Å²) in [7, 11) is 0. The van der Waals surface area contributed by atoms with Crippen LogP contribution in [0.25, 0.3) is 0 Å². The topological polar surface area (TPSA) is 17.1 Å². The molecule has 0 spiro atoms. The minimum atomic E-state index is 0.211. The van der Waals surface area contributed by atoms with Gasteiger partial charge in [0.1, 0.15) is 6.29 Å². The van der Waals surface area contributed by atoms with Crippen molar-refractivity contribution in [1.29, 1.82) is 0 Å². The van der Waals surface area contributed by atoms with Crippen molar-refractivity contribution in [2.24, 2.45) is 0 Å². The molecule has 0 aliphatic rings. The van der Waals surface area contributed by atoms with Crippen molar-refractivity contribution in [2.45, 2.75) is 39.0 Å². The summed E-state index contributed by atoms with van der Waals surface area (Å²) >= 11 is 0. The predicted molar refractivity (Wildman–Crippen MR) is 59.5 cm³/mol. The molecule has 0 saturated heterocycles. The maximum absolute atomic E-state index is 10.2. The summed E-state index contributed by atoms with van der Waals surface area (Å²) in [5, 5.41) is 0. The number of carbonyl (C=O) groups is 1. The second-order valence-electron chi connectivity index (χ2n) is 4.65. The normalized spacial score (nSPS) is 11.4. The fraction of sp³-hybridized carbons (Fsp3) is 0.462. The van der Waals surface area contributed by atoms with Crippen LogP contribution in [0.1, 0.15) is 38.3 Å². The van der Waals surface area contributed by atoms with E-state index in [0.717, 1.165) is 12.7 Å². The number of carbonyl (C=O) groups excluding carboxylic acids is 1. The van der Waals surface area contributed by atoms with E-state index in [1.165, 1.54) is 11.1 Å². The summed E-state index contributed by atoms with van der Waals surface area (Å²) in [6.07, 6.45) is 2.44. The first kappa shape index (κ1) is 11.0.